The second-order valence-electron chi connectivity index (χ2n) is 4.28. The molecule has 1 aliphatic heterocycles. The highest BCUT2D eigenvalue weighted by molar-refractivity contribution is 9.10. The molecule has 0 bridgehead atoms. The monoisotopic (exact) mass is 343 g/mol. The minimum Gasteiger partial charge on any atom is -0.314 e. The summed E-state index contributed by atoms with van der Waals surface area (Å²) in [6, 6.07) is 2.13. The van der Waals surface area contributed by atoms with Crippen LogP contribution in [0, 0.1) is 0 Å². The van der Waals surface area contributed by atoms with Gasteiger partial charge in [-0.15, -0.1) is 22.7 Å². The maximum absolute atomic E-state index is 4.73. The van der Waals surface area contributed by atoms with E-state index in [1.54, 1.807) is 22.7 Å². The summed E-state index contributed by atoms with van der Waals surface area (Å²) in [6.07, 6.45) is 0. The summed E-state index contributed by atoms with van der Waals surface area (Å²) in [5, 5.41) is 8.86. The normalized spacial score (nSPS) is 17.2. The maximum Gasteiger partial charge on any atom is 0.107 e. The first kappa shape index (κ1) is 12.7. The molecule has 0 saturated carbocycles. The van der Waals surface area contributed by atoms with Crippen LogP contribution in [0.3, 0.4) is 0 Å². The van der Waals surface area contributed by atoms with Crippen LogP contribution in [0.1, 0.15) is 5.01 Å². The van der Waals surface area contributed by atoms with Crippen molar-refractivity contribution in [2.75, 3.05) is 26.2 Å². The van der Waals surface area contributed by atoms with Gasteiger partial charge in [-0.3, -0.25) is 4.90 Å². The van der Waals surface area contributed by atoms with Gasteiger partial charge < -0.3 is 5.32 Å². The Labute approximate surface area is 123 Å². The van der Waals surface area contributed by atoms with Gasteiger partial charge in [0, 0.05) is 41.4 Å². The third kappa shape index (κ3) is 3.00. The standard InChI is InChI=1S/C12H14BrN3S2/c13-9-5-11(17-7-9)10-8-18-12(15-10)6-16-3-1-14-2-4-16/h5,7-8,14H,1-4,6H2. The lowest BCUT2D eigenvalue weighted by atomic mass is 10.3. The van der Waals surface area contributed by atoms with Crippen molar-refractivity contribution in [1.29, 1.82) is 0 Å². The van der Waals surface area contributed by atoms with Gasteiger partial charge in [0.05, 0.1) is 17.1 Å². The average molecular weight is 344 g/mol. The Kier molecular flexibility index (Phi) is 4.10. The molecule has 1 N–H and O–H groups in total. The minimum atomic E-state index is 0.985. The molecule has 0 amide bonds. The van der Waals surface area contributed by atoms with E-state index in [-0.39, 0.29) is 0 Å². The number of piperazine rings is 1. The van der Waals surface area contributed by atoms with Crippen LogP contribution in [0.15, 0.2) is 21.3 Å². The molecule has 3 rings (SSSR count). The maximum atomic E-state index is 4.73. The molecule has 0 spiro atoms. The fourth-order valence-corrected chi connectivity index (χ4v) is 4.30. The molecular weight excluding hydrogens is 330 g/mol. The third-order valence-corrected chi connectivity index (χ3v) is 5.49. The average Bonchev–Trinajstić information content (AvgIpc) is 2.99. The number of halogens is 1. The van der Waals surface area contributed by atoms with Crippen molar-refractivity contribution in [3.63, 3.8) is 0 Å². The van der Waals surface area contributed by atoms with E-state index < -0.39 is 0 Å². The minimum absolute atomic E-state index is 0.985. The highest BCUT2D eigenvalue weighted by atomic mass is 79.9. The summed E-state index contributed by atoms with van der Waals surface area (Å²) in [4.78, 5) is 8.44. The number of rotatable bonds is 3. The molecule has 6 heteroatoms. The van der Waals surface area contributed by atoms with Crippen molar-refractivity contribution < 1.29 is 0 Å². The molecule has 1 aliphatic rings. The van der Waals surface area contributed by atoms with E-state index in [1.165, 1.54) is 9.88 Å². The van der Waals surface area contributed by atoms with Gasteiger partial charge in [0.2, 0.25) is 0 Å². The molecule has 2 aromatic heterocycles. The van der Waals surface area contributed by atoms with Crippen LogP contribution in [0.4, 0.5) is 0 Å². The summed E-state index contributed by atoms with van der Waals surface area (Å²) in [6.45, 7) is 5.42. The lowest BCUT2D eigenvalue weighted by molar-refractivity contribution is 0.233. The lowest BCUT2D eigenvalue weighted by Crippen LogP contribution is -2.42. The van der Waals surface area contributed by atoms with Crippen LogP contribution >= 0.6 is 38.6 Å². The van der Waals surface area contributed by atoms with Gasteiger partial charge in [-0.05, 0) is 22.0 Å². The summed E-state index contributed by atoms with van der Waals surface area (Å²) < 4.78 is 1.14. The van der Waals surface area contributed by atoms with Crippen LogP contribution in [0.5, 0.6) is 0 Å². The molecule has 2 aromatic rings. The SMILES string of the molecule is Brc1csc(-c2csc(CN3CCNCC3)n2)c1. The Bertz CT molecular complexity index is 517. The van der Waals surface area contributed by atoms with E-state index in [2.05, 4.69) is 43.0 Å². The van der Waals surface area contributed by atoms with Crippen LogP contribution in [-0.2, 0) is 6.54 Å². The Hall–Kier alpha value is -0.270. The summed E-state index contributed by atoms with van der Waals surface area (Å²) in [5.74, 6) is 0. The van der Waals surface area contributed by atoms with Gasteiger partial charge in [0.15, 0.2) is 0 Å². The van der Waals surface area contributed by atoms with Crippen molar-refractivity contribution in [1.82, 2.24) is 15.2 Å². The number of thiophene rings is 1. The van der Waals surface area contributed by atoms with Crippen molar-refractivity contribution in [2.45, 2.75) is 6.54 Å². The van der Waals surface area contributed by atoms with Crippen molar-refractivity contribution >= 4 is 38.6 Å². The number of aromatic nitrogens is 1. The van der Waals surface area contributed by atoms with Gasteiger partial charge in [-0.2, -0.15) is 0 Å². The Morgan fingerprint density at radius 2 is 2.11 bits per heavy atom. The zero-order valence-electron chi connectivity index (χ0n) is 9.86. The van der Waals surface area contributed by atoms with E-state index in [4.69, 9.17) is 4.98 Å². The number of nitrogens with zero attached hydrogens (tertiary/aromatic N) is 2. The Balaban J connectivity index is 1.69. The Morgan fingerprint density at radius 1 is 1.28 bits per heavy atom. The number of hydrogen-bond donors (Lipinski definition) is 1. The summed E-state index contributed by atoms with van der Waals surface area (Å²) in [5.41, 5.74) is 1.11. The van der Waals surface area contributed by atoms with E-state index in [1.807, 2.05) is 0 Å². The van der Waals surface area contributed by atoms with E-state index in [9.17, 15) is 0 Å². The molecule has 96 valence electrons. The first-order valence-electron chi connectivity index (χ1n) is 5.93. The van der Waals surface area contributed by atoms with Crippen LogP contribution in [0.25, 0.3) is 10.6 Å². The zero-order chi connectivity index (χ0) is 12.4. The van der Waals surface area contributed by atoms with Gasteiger partial charge in [0.25, 0.3) is 0 Å². The summed E-state index contributed by atoms with van der Waals surface area (Å²) >= 11 is 6.99. The molecule has 3 heterocycles. The van der Waals surface area contributed by atoms with Gasteiger partial charge in [-0.1, -0.05) is 0 Å². The van der Waals surface area contributed by atoms with Crippen LogP contribution in [0.2, 0.25) is 0 Å². The zero-order valence-corrected chi connectivity index (χ0v) is 13.1. The quantitative estimate of drug-likeness (QED) is 0.928. The molecule has 1 saturated heterocycles. The fraction of sp³-hybridized carbons (Fsp3) is 0.417. The van der Waals surface area contributed by atoms with Crippen molar-refractivity contribution in [3.05, 3.63) is 26.3 Å². The molecule has 0 atom stereocenters. The highest BCUT2D eigenvalue weighted by Gasteiger charge is 2.13. The molecule has 0 aliphatic carbocycles. The highest BCUT2D eigenvalue weighted by Crippen LogP contribution is 2.30. The third-order valence-electron chi connectivity index (χ3n) is 2.94. The predicted octanol–water partition coefficient (Wildman–Crippen LogP) is 3.04. The van der Waals surface area contributed by atoms with Gasteiger partial charge in [0.1, 0.15) is 5.01 Å². The molecule has 18 heavy (non-hydrogen) atoms. The largest absolute Gasteiger partial charge is 0.314 e. The van der Waals surface area contributed by atoms with Crippen molar-refractivity contribution in [2.24, 2.45) is 0 Å². The smallest absolute Gasteiger partial charge is 0.107 e. The predicted molar refractivity (Wildman–Crippen MR) is 81.3 cm³/mol. The molecule has 3 nitrogen and oxygen atoms in total. The molecule has 0 unspecified atom stereocenters. The topological polar surface area (TPSA) is 28.2 Å². The second kappa shape index (κ2) is 5.79. The van der Waals surface area contributed by atoms with Crippen molar-refractivity contribution in [3.8, 4) is 10.6 Å². The van der Waals surface area contributed by atoms with Gasteiger partial charge >= 0.3 is 0 Å². The second-order valence-corrected chi connectivity index (χ2v) is 7.05. The molecule has 0 aromatic carbocycles. The summed E-state index contributed by atoms with van der Waals surface area (Å²) in [7, 11) is 0. The molecule has 0 radical (unpaired) electrons. The first-order valence-corrected chi connectivity index (χ1v) is 8.48. The fourth-order valence-electron chi connectivity index (χ4n) is 2.00. The van der Waals surface area contributed by atoms with E-state index in [0.717, 1.165) is 42.9 Å². The number of nitrogens with one attached hydrogen (secondary N) is 1. The molecule has 1 fully saturated rings. The number of hydrogen-bond acceptors (Lipinski definition) is 5. The number of thiazole rings is 1. The first-order chi connectivity index (χ1) is 8.81. The molecular formula is C12H14BrN3S2. The van der Waals surface area contributed by atoms with E-state index >= 15 is 0 Å². The Morgan fingerprint density at radius 3 is 2.83 bits per heavy atom. The van der Waals surface area contributed by atoms with Gasteiger partial charge in [-0.25, -0.2) is 4.98 Å². The van der Waals surface area contributed by atoms with Crippen LogP contribution in [-0.4, -0.2) is 36.1 Å². The lowest BCUT2D eigenvalue weighted by Gasteiger charge is -2.26. The van der Waals surface area contributed by atoms with E-state index in [0.29, 0.717) is 0 Å². The van der Waals surface area contributed by atoms with Crippen LogP contribution < -0.4 is 5.32 Å².